The molecular formula is C18H23N7O2S2. The third-order valence-corrected chi connectivity index (χ3v) is 6.00. The first-order valence-electron chi connectivity index (χ1n) is 9.55. The van der Waals surface area contributed by atoms with Crippen LogP contribution in [-0.2, 0) is 11.3 Å². The minimum atomic E-state index is -0.170. The summed E-state index contributed by atoms with van der Waals surface area (Å²) < 4.78 is 7.30. The number of morpholine rings is 1. The third-order valence-electron chi connectivity index (χ3n) is 4.50. The second kappa shape index (κ2) is 9.06. The highest BCUT2D eigenvalue weighted by Crippen LogP contribution is 2.27. The lowest BCUT2D eigenvalue weighted by atomic mass is 10.3. The Hall–Kier alpha value is -2.24. The van der Waals surface area contributed by atoms with Crippen molar-refractivity contribution in [1.82, 2.24) is 30.0 Å². The summed E-state index contributed by atoms with van der Waals surface area (Å²) in [6.07, 6.45) is 1.81. The van der Waals surface area contributed by atoms with Crippen molar-refractivity contribution < 1.29 is 9.53 Å². The summed E-state index contributed by atoms with van der Waals surface area (Å²) in [5.74, 6) is 1.63. The Morgan fingerprint density at radius 2 is 2.14 bits per heavy atom. The molecule has 3 aromatic rings. The maximum absolute atomic E-state index is 12.2. The fraction of sp³-hybridized carbons (Fsp3) is 0.500. The van der Waals surface area contributed by atoms with E-state index < -0.39 is 0 Å². The normalized spacial score (nSPS) is 14.5. The van der Waals surface area contributed by atoms with Gasteiger partial charge in [-0.05, 0) is 12.7 Å². The van der Waals surface area contributed by atoms with Crippen LogP contribution in [0.25, 0.3) is 11.0 Å². The molecule has 29 heavy (non-hydrogen) atoms. The van der Waals surface area contributed by atoms with Crippen molar-refractivity contribution in [3.05, 3.63) is 22.3 Å². The van der Waals surface area contributed by atoms with E-state index in [2.05, 4.69) is 27.2 Å². The Morgan fingerprint density at radius 1 is 1.31 bits per heavy atom. The Morgan fingerprint density at radius 3 is 2.86 bits per heavy atom. The van der Waals surface area contributed by atoms with Crippen LogP contribution in [0.15, 0.2) is 16.7 Å². The molecule has 0 aromatic carbocycles. The predicted octanol–water partition coefficient (Wildman–Crippen LogP) is 1.97. The van der Waals surface area contributed by atoms with Gasteiger partial charge in [-0.25, -0.2) is 19.6 Å². The second-order valence-electron chi connectivity index (χ2n) is 6.47. The lowest BCUT2D eigenvalue weighted by Gasteiger charge is -2.28. The van der Waals surface area contributed by atoms with Gasteiger partial charge in [0.2, 0.25) is 0 Å². The zero-order valence-corrected chi connectivity index (χ0v) is 18.1. The Balaban J connectivity index is 1.53. The number of hydrogen-bond donors (Lipinski definition) is 1. The van der Waals surface area contributed by atoms with Gasteiger partial charge >= 0.3 is 0 Å². The maximum Gasteiger partial charge on any atom is 0.270 e. The first-order chi connectivity index (χ1) is 14.2. The van der Waals surface area contributed by atoms with E-state index in [4.69, 9.17) is 14.7 Å². The summed E-state index contributed by atoms with van der Waals surface area (Å²) in [5.41, 5.74) is 1.24. The number of carbonyl (C=O) groups is 1. The fourth-order valence-corrected chi connectivity index (χ4v) is 4.28. The van der Waals surface area contributed by atoms with Crippen LogP contribution in [0.3, 0.4) is 0 Å². The number of fused-ring (bicyclic) bond motifs is 1. The average Bonchev–Trinajstić information content (AvgIpc) is 3.35. The largest absolute Gasteiger partial charge is 0.378 e. The Kier molecular flexibility index (Phi) is 6.26. The van der Waals surface area contributed by atoms with Crippen LogP contribution < -0.4 is 10.2 Å². The Labute approximate surface area is 176 Å². The van der Waals surface area contributed by atoms with Crippen molar-refractivity contribution in [3.8, 4) is 0 Å². The molecule has 1 saturated heterocycles. The van der Waals surface area contributed by atoms with Crippen LogP contribution in [0.2, 0.25) is 0 Å². The van der Waals surface area contributed by atoms with Crippen LogP contribution >= 0.6 is 23.1 Å². The van der Waals surface area contributed by atoms with E-state index in [1.807, 2.05) is 17.8 Å². The summed E-state index contributed by atoms with van der Waals surface area (Å²) >= 11 is 3.08. The zero-order chi connectivity index (χ0) is 20.2. The SMILES string of the molecule is CCSc1nc(N2CCOCC2)c2cnn(CCNC(=O)c3csc(C)n3)c2n1. The highest BCUT2D eigenvalue weighted by Gasteiger charge is 2.20. The molecule has 1 amide bonds. The standard InChI is InChI=1S/C18H23N7O2S2/c1-3-28-18-22-15(24-6-8-27-9-7-24)13-10-20-25(16(13)23-18)5-4-19-17(26)14-11-29-12(2)21-14/h10-11H,3-9H2,1-2H3,(H,19,26). The molecule has 0 aliphatic carbocycles. The summed E-state index contributed by atoms with van der Waals surface area (Å²) in [5, 5.41) is 11.7. The van der Waals surface area contributed by atoms with Gasteiger partial charge in [0, 0.05) is 25.0 Å². The smallest absolute Gasteiger partial charge is 0.270 e. The molecule has 1 N–H and O–H groups in total. The molecule has 11 heteroatoms. The van der Waals surface area contributed by atoms with Crippen LogP contribution in [0.1, 0.15) is 22.4 Å². The predicted molar refractivity (Wildman–Crippen MR) is 114 cm³/mol. The van der Waals surface area contributed by atoms with Crippen LogP contribution in [0.5, 0.6) is 0 Å². The summed E-state index contributed by atoms with van der Waals surface area (Å²) in [6.45, 7) is 7.92. The number of hydrogen-bond acceptors (Lipinski definition) is 9. The van der Waals surface area contributed by atoms with E-state index in [9.17, 15) is 4.79 Å². The van der Waals surface area contributed by atoms with Crippen molar-refractivity contribution >= 4 is 45.9 Å². The number of amides is 1. The molecule has 1 fully saturated rings. The van der Waals surface area contributed by atoms with Crippen molar-refractivity contribution in [2.45, 2.75) is 25.5 Å². The molecule has 0 unspecified atom stereocenters. The molecule has 9 nitrogen and oxygen atoms in total. The molecule has 0 radical (unpaired) electrons. The van der Waals surface area contributed by atoms with Crippen LogP contribution in [-0.4, -0.2) is 69.2 Å². The van der Waals surface area contributed by atoms with Gasteiger partial charge in [-0.1, -0.05) is 18.7 Å². The van der Waals surface area contributed by atoms with Crippen molar-refractivity contribution in [1.29, 1.82) is 0 Å². The number of anilines is 1. The number of nitrogens with zero attached hydrogens (tertiary/aromatic N) is 6. The van der Waals surface area contributed by atoms with E-state index in [1.54, 1.807) is 17.1 Å². The number of ether oxygens (including phenoxy) is 1. The second-order valence-corrected chi connectivity index (χ2v) is 8.77. The minimum Gasteiger partial charge on any atom is -0.378 e. The lowest BCUT2D eigenvalue weighted by molar-refractivity contribution is 0.0947. The average molecular weight is 434 g/mol. The number of aromatic nitrogens is 5. The van der Waals surface area contributed by atoms with Gasteiger partial charge < -0.3 is 15.0 Å². The number of rotatable bonds is 7. The molecular weight excluding hydrogens is 410 g/mol. The third kappa shape index (κ3) is 4.51. The van der Waals surface area contributed by atoms with Gasteiger partial charge in [-0.2, -0.15) is 5.10 Å². The number of aryl methyl sites for hydroxylation is 1. The molecule has 3 aromatic heterocycles. The maximum atomic E-state index is 12.2. The van der Waals surface area contributed by atoms with Gasteiger partial charge in [-0.15, -0.1) is 11.3 Å². The number of thiazole rings is 1. The first-order valence-corrected chi connectivity index (χ1v) is 11.4. The molecule has 1 aliphatic rings. The quantitative estimate of drug-likeness (QED) is 0.446. The summed E-state index contributed by atoms with van der Waals surface area (Å²) in [4.78, 5) is 28.1. The van der Waals surface area contributed by atoms with Crippen LogP contribution in [0, 0.1) is 6.92 Å². The first kappa shape index (κ1) is 20.0. The van der Waals surface area contributed by atoms with Gasteiger partial charge in [0.05, 0.1) is 36.3 Å². The highest BCUT2D eigenvalue weighted by molar-refractivity contribution is 7.99. The van der Waals surface area contributed by atoms with Crippen molar-refractivity contribution in [3.63, 3.8) is 0 Å². The molecule has 4 rings (SSSR count). The monoisotopic (exact) mass is 433 g/mol. The molecule has 0 spiro atoms. The topological polar surface area (TPSA) is 98.1 Å². The van der Waals surface area contributed by atoms with Gasteiger partial charge in [-0.3, -0.25) is 4.79 Å². The molecule has 0 bridgehead atoms. The summed E-state index contributed by atoms with van der Waals surface area (Å²) in [6, 6.07) is 0. The van der Waals surface area contributed by atoms with E-state index in [0.29, 0.717) is 32.0 Å². The van der Waals surface area contributed by atoms with Crippen molar-refractivity contribution in [2.75, 3.05) is 43.5 Å². The minimum absolute atomic E-state index is 0.170. The van der Waals surface area contributed by atoms with Gasteiger partial charge in [0.25, 0.3) is 5.91 Å². The van der Waals surface area contributed by atoms with E-state index in [1.165, 1.54) is 11.3 Å². The Bertz CT molecular complexity index is 997. The molecule has 0 saturated carbocycles. The highest BCUT2D eigenvalue weighted by atomic mass is 32.2. The number of carbonyl (C=O) groups excluding carboxylic acids is 1. The van der Waals surface area contributed by atoms with E-state index >= 15 is 0 Å². The molecule has 154 valence electrons. The zero-order valence-electron chi connectivity index (χ0n) is 16.4. The van der Waals surface area contributed by atoms with E-state index in [-0.39, 0.29) is 5.91 Å². The van der Waals surface area contributed by atoms with Crippen molar-refractivity contribution in [2.24, 2.45) is 0 Å². The van der Waals surface area contributed by atoms with Gasteiger partial charge in [0.15, 0.2) is 10.8 Å². The lowest BCUT2D eigenvalue weighted by Crippen LogP contribution is -2.37. The molecule has 1 aliphatic heterocycles. The fourth-order valence-electron chi connectivity index (χ4n) is 3.13. The molecule has 0 atom stereocenters. The number of thioether (sulfide) groups is 1. The summed E-state index contributed by atoms with van der Waals surface area (Å²) in [7, 11) is 0. The van der Waals surface area contributed by atoms with Crippen LogP contribution in [0.4, 0.5) is 5.82 Å². The van der Waals surface area contributed by atoms with Gasteiger partial charge in [0.1, 0.15) is 11.5 Å². The number of nitrogens with one attached hydrogen (secondary N) is 1. The van der Waals surface area contributed by atoms with E-state index in [0.717, 1.165) is 45.9 Å². The molecule has 4 heterocycles.